The monoisotopic (exact) mass is 315 g/mol. The molecule has 0 aromatic heterocycles. The van der Waals surface area contributed by atoms with Crippen molar-refractivity contribution in [1.29, 1.82) is 0 Å². The first kappa shape index (κ1) is 16.0. The maximum atomic E-state index is 12.4. The zero-order valence-corrected chi connectivity index (χ0v) is 13.7. The van der Waals surface area contributed by atoms with Gasteiger partial charge in [-0.15, -0.1) is 0 Å². The van der Waals surface area contributed by atoms with Crippen LogP contribution in [0.3, 0.4) is 0 Å². The van der Waals surface area contributed by atoms with Crippen LogP contribution in [-0.4, -0.2) is 36.0 Å². The molecular weight excluding hydrogens is 290 g/mol. The van der Waals surface area contributed by atoms with Gasteiger partial charge in [0.1, 0.15) is 6.10 Å². The lowest BCUT2D eigenvalue weighted by molar-refractivity contribution is -0.156. The first-order valence-electron chi connectivity index (χ1n) is 8.66. The van der Waals surface area contributed by atoms with E-state index in [0.717, 1.165) is 38.6 Å². The van der Waals surface area contributed by atoms with E-state index < -0.39 is 0 Å². The second kappa shape index (κ2) is 7.16. The molecule has 0 spiro atoms. The third kappa shape index (κ3) is 4.34. The Bertz CT molecular complexity index is 553. The molecule has 3 rings (SSSR count). The summed E-state index contributed by atoms with van der Waals surface area (Å²) in [6, 6.07) is 10.0. The summed E-state index contributed by atoms with van der Waals surface area (Å²) in [6.45, 7) is 3.26. The summed E-state index contributed by atoms with van der Waals surface area (Å²) in [5.41, 5.74) is 1.17. The van der Waals surface area contributed by atoms with E-state index in [4.69, 9.17) is 4.74 Å². The van der Waals surface area contributed by atoms with E-state index in [-0.39, 0.29) is 29.8 Å². The van der Waals surface area contributed by atoms with Crippen LogP contribution in [0.2, 0.25) is 0 Å². The Kier molecular flexibility index (Phi) is 4.99. The van der Waals surface area contributed by atoms with Crippen molar-refractivity contribution in [3.63, 3.8) is 0 Å². The lowest BCUT2D eigenvalue weighted by atomic mass is 9.97. The number of amides is 1. The zero-order valence-electron chi connectivity index (χ0n) is 13.7. The second-order valence-electron chi connectivity index (χ2n) is 6.83. The van der Waals surface area contributed by atoms with Crippen LogP contribution in [-0.2, 0) is 20.7 Å². The molecule has 1 aliphatic heterocycles. The van der Waals surface area contributed by atoms with Crippen LogP contribution >= 0.6 is 0 Å². The average Bonchev–Trinajstić information content (AvgIpc) is 3.40. The Hall–Kier alpha value is -1.84. The molecule has 1 heterocycles. The number of piperidine rings is 1. The van der Waals surface area contributed by atoms with Crippen molar-refractivity contribution in [3.05, 3.63) is 35.9 Å². The highest BCUT2D eigenvalue weighted by atomic mass is 16.5. The summed E-state index contributed by atoms with van der Waals surface area (Å²) < 4.78 is 5.62. The van der Waals surface area contributed by atoms with E-state index in [0.29, 0.717) is 6.54 Å². The third-order valence-electron chi connectivity index (χ3n) is 4.68. The van der Waals surface area contributed by atoms with Gasteiger partial charge in [-0.1, -0.05) is 30.3 Å². The predicted molar refractivity (Wildman–Crippen MR) is 87.7 cm³/mol. The molecule has 1 saturated heterocycles. The molecule has 1 aromatic rings. The molecule has 0 radical (unpaired) electrons. The minimum absolute atomic E-state index is 0.139. The standard InChI is InChI=1S/C19H25NO3/c1-14(12-15-6-3-2-4-7-15)23-19(22)17-8-5-11-20(13-17)18(21)16-9-10-16/h2-4,6-7,14,16-17H,5,8-13H2,1H3. The molecule has 2 unspecified atom stereocenters. The van der Waals surface area contributed by atoms with Gasteiger partial charge in [-0.2, -0.15) is 0 Å². The van der Waals surface area contributed by atoms with E-state index in [2.05, 4.69) is 0 Å². The van der Waals surface area contributed by atoms with Gasteiger partial charge in [0.2, 0.25) is 5.91 Å². The fraction of sp³-hybridized carbons (Fsp3) is 0.579. The number of hydrogen-bond donors (Lipinski definition) is 0. The number of carbonyl (C=O) groups excluding carboxylic acids is 2. The molecule has 23 heavy (non-hydrogen) atoms. The van der Waals surface area contributed by atoms with Crippen LogP contribution in [0.5, 0.6) is 0 Å². The number of rotatable bonds is 5. The van der Waals surface area contributed by atoms with Gasteiger partial charge in [-0.3, -0.25) is 9.59 Å². The highest BCUT2D eigenvalue weighted by Crippen LogP contribution is 2.32. The van der Waals surface area contributed by atoms with Gasteiger partial charge < -0.3 is 9.64 Å². The van der Waals surface area contributed by atoms with Gasteiger partial charge >= 0.3 is 5.97 Å². The van der Waals surface area contributed by atoms with E-state index in [1.807, 2.05) is 42.2 Å². The smallest absolute Gasteiger partial charge is 0.311 e. The molecule has 0 bridgehead atoms. The molecule has 1 aliphatic carbocycles. The van der Waals surface area contributed by atoms with Crippen LogP contribution < -0.4 is 0 Å². The van der Waals surface area contributed by atoms with Gasteiger partial charge in [0.05, 0.1) is 5.92 Å². The lowest BCUT2D eigenvalue weighted by Crippen LogP contribution is -2.44. The van der Waals surface area contributed by atoms with E-state index in [9.17, 15) is 9.59 Å². The quantitative estimate of drug-likeness (QED) is 0.785. The van der Waals surface area contributed by atoms with Crippen LogP contribution in [0.15, 0.2) is 30.3 Å². The van der Waals surface area contributed by atoms with Crippen molar-refractivity contribution in [2.45, 2.75) is 45.1 Å². The van der Waals surface area contributed by atoms with E-state index in [1.165, 1.54) is 5.56 Å². The first-order chi connectivity index (χ1) is 11.1. The summed E-state index contributed by atoms with van der Waals surface area (Å²) in [5.74, 6) is 0.146. The number of nitrogens with zero attached hydrogens (tertiary/aromatic N) is 1. The molecule has 4 nitrogen and oxygen atoms in total. The first-order valence-corrected chi connectivity index (χ1v) is 8.66. The Morgan fingerprint density at radius 1 is 1.17 bits per heavy atom. The Morgan fingerprint density at radius 3 is 2.61 bits per heavy atom. The number of benzene rings is 1. The number of carbonyl (C=O) groups is 2. The van der Waals surface area contributed by atoms with Crippen LogP contribution in [0.25, 0.3) is 0 Å². The second-order valence-corrected chi connectivity index (χ2v) is 6.83. The molecule has 1 saturated carbocycles. The largest absolute Gasteiger partial charge is 0.462 e. The topological polar surface area (TPSA) is 46.6 Å². The Balaban J connectivity index is 1.49. The van der Waals surface area contributed by atoms with Crippen molar-refractivity contribution < 1.29 is 14.3 Å². The van der Waals surface area contributed by atoms with Crippen molar-refractivity contribution >= 4 is 11.9 Å². The van der Waals surface area contributed by atoms with E-state index >= 15 is 0 Å². The predicted octanol–water partition coefficient (Wildman–Crippen LogP) is 2.81. The molecular formula is C19H25NO3. The fourth-order valence-corrected chi connectivity index (χ4v) is 3.24. The molecule has 1 amide bonds. The molecule has 2 aliphatic rings. The highest BCUT2D eigenvalue weighted by Gasteiger charge is 2.37. The van der Waals surface area contributed by atoms with Gasteiger partial charge in [-0.05, 0) is 38.2 Å². The summed E-state index contributed by atoms with van der Waals surface area (Å²) >= 11 is 0. The van der Waals surface area contributed by atoms with Crippen molar-refractivity contribution in [2.24, 2.45) is 11.8 Å². The van der Waals surface area contributed by atoms with Crippen molar-refractivity contribution in [2.75, 3.05) is 13.1 Å². The maximum absolute atomic E-state index is 12.4. The van der Waals surface area contributed by atoms with Crippen LogP contribution in [0.4, 0.5) is 0 Å². The van der Waals surface area contributed by atoms with E-state index in [1.54, 1.807) is 0 Å². The normalized spacial score (nSPS) is 22.5. The molecule has 2 fully saturated rings. The highest BCUT2D eigenvalue weighted by molar-refractivity contribution is 5.82. The molecule has 124 valence electrons. The summed E-state index contributed by atoms with van der Waals surface area (Å²) in [5, 5.41) is 0. The summed E-state index contributed by atoms with van der Waals surface area (Å²) in [4.78, 5) is 26.4. The van der Waals surface area contributed by atoms with Crippen LogP contribution in [0.1, 0.15) is 38.2 Å². The van der Waals surface area contributed by atoms with Crippen LogP contribution in [0, 0.1) is 11.8 Å². The molecule has 2 atom stereocenters. The fourth-order valence-electron chi connectivity index (χ4n) is 3.24. The van der Waals surface area contributed by atoms with Crippen molar-refractivity contribution in [1.82, 2.24) is 4.90 Å². The lowest BCUT2D eigenvalue weighted by Gasteiger charge is -2.32. The number of hydrogen-bond acceptors (Lipinski definition) is 3. The minimum Gasteiger partial charge on any atom is -0.462 e. The third-order valence-corrected chi connectivity index (χ3v) is 4.68. The summed E-state index contributed by atoms with van der Waals surface area (Å²) in [6.07, 6.45) is 4.33. The number of esters is 1. The SMILES string of the molecule is CC(Cc1ccccc1)OC(=O)C1CCCN(C(=O)C2CC2)C1. The Morgan fingerprint density at radius 2 is 1.91 bits per heavy atom. The summed E-state index contributed by atoms with van der Waals surface area (Å²) in [7, 11) is 0. The molecule has 1 aromatic carbocycles. The Labute approximate surface area is 137 Å². The van der Waals surface area contributed by atoms with Gasteiger partial charge in [0, 0.05) is 25.4 Å². The molecule has 4 heteroatoms. The number of ether oxygens (including phenoxy) is 1. The van der Waals surface area contributed by atoms with Crippen molar-refractivity contribution in [3.8, 4) is 0 Å². The average molecular weight is 315 g/mol. The molecule has 0 N–H and O–H groups in total. The zero-order chi connectivity index (χ0) is 16.2. The minimum atomic E-state index is -0.162. The number of likely N-dealkylation sites (tertiary alicyclic amines) is 1. The maximum Gasteiger partial charge on any atom is 0.311 e. The van der Waals surface area contributed by atoms with Gasteiger partial charge in [-0.25, -0.2) is 0 Å². The van der Waals surface area contributed by atoms with Gasteiger partial charge in [0.25, 0.3) is 0 Å². The van der Waals surface area contributed by atoms with Gasteiger partial charge in [0.15, 0.2) is 0 Å².